The number of benzene rings is 1. The Morgan fingerprint density at radius 1 is 1.07 bits per heavy atom. The molecule has 0 amide bonds. The van der Waals surface area contributed by atoms with Crippen LogP contribution in [0.5, 0.6) is 0 Å². The van der Waals surface area contributed by atoms with Gasteiger partial charge < -0.3 is 0 Å². The standard InChI is InChI=1S/C24H24N4OS/c1-15(2)27-10-8-17(9-11-27)19-5-7-23-26-21(13-24(29)28(23)14-19)18-4-6-20-22(12-18)30-16(3)25-20/h4-8,12-15H,9-11H2,1-3H3. The molecule has 1 aliphatic heterocycles. The molecule has 4 aromatic rings. The van der Waals surface area contributed by atoms with Crippen LogP contribution in [0.4, 0.5) is 0 Å². The Morgan fingerprint density at radius 2 is 1.90 bits per heavy atom. The molecule has 5 rings (SSSR count). The first-order valence-electron chi connectivity index (χ1n) is 10.3. The molecule has 0 radical (unpaired) electrons. The second-order valence-corrected chi connectivity index (χ2v) is 9.34. The molecule has 0 unspecified atom stereocenters. The van der Waals surface area contributed by atoms with Gasteiger partial charge in [0.25, 0.3) is 5.56 Å². The van der Waals surface area contributed by atoms with E-state index in [1.807, 2.05) is 31.3 Å². The van der Waals surface area contributed by atoms with E-state index >= 15 is 0 Å². The van der Waals surface area contributed by atoms with E-state index in [-0.39, 0.29) is 5.56 Å². The van der Waals surface area contributed by atoms with Gasteiger partial charge in [-0.1, -0.05) is 12.1 Å². The van der Waals surface area contributed by atoms with Crippen molar-refractivity contribution in [2.75, 3.05) is 13.1 Å². The van der Waals surface area contributed by atoms with Crippen LogP contribution in [-0.2, 0) is 0 Å². The van der Waals surface area contributed by atoms with Gasteiger partial charge in [0.1, 0.15) is 5.65 Å². The highest BCUT2D eigenvalue weighted by atomic mass is 32.1. The lowest BCUT2D eigenvalue weighted by Crippen LogP contribution is -2.34. The van der Waals surface area contributed by atoms with Crippen LogP contribution in [0.25, 0.3) is 32.7 Å². The molecule has 0 saturated carbocycles. The summed E-state index contributed by atoms with van der Waals surface area (Å²) in [5.74, 6) is 0. The number of pyridine rings is 1. The second-order valence-electron chi connectivity index (χ2n) is 8.11. The average Bonchev–Trinajstić information content (AvgIpc) is 3.12. The Balaban J connectivity index is 1.52. The summed E-state index contributed by atoms with van der Waals surface area (Å²) in [5, 5.41) is 1.04. The number of aromatic nitrogens is 3. The molecule has 0 N–H and O–H groups in total. The predicted molar refractivity (Wildman–Crippen MR) is 124 cm³/mol. The summed E-state index contributed by atoms with van der Waals surface area (Å²) in [7, 11) is 0. The van der Waals surface area contributed by atoms with E-state index in [0.29, 0.717) is 17.4 Å². The van der Waals surface area contributed by atoms with Crippen LogP contribution >= 0.6 is 11.3 Å². The Kier molecular flexibility index (Phi) is 4.76. The fourth-order valence-electron chi connectivity index (χ4n) is 4.06. The summed E-state index contributed by atoms with van der Waals surface area (Å²) in [5.41, 5.74) is 5.64. The van der Waals surface area contributed by atoms with Gasteiger partial charge >= 0.3 is 0 Å². The van der Waals surface area contributed by atoms with Gasteiger partial charge in [-0.15, -0.1) is 11.3 Å². The summed E-state index contributed by atoms with van der Waals surface area (Å²) in [4.78, 5) is 24.6. The summed E-state index contributed by atoms with van der Waals surface area (Å²) < 4.78 is 2.77. The smallest absolute Gasteiger partial charge is 0.258 e. The zero-order valence-corrected chi connectivity index (χ0v) is 18.2. The molecular weight excluding hydrogens is 392 g/mol. The molecule has 0 saturated heterocycles. The Bertz CT molecular complexity index is 1350. The first-order valence-corrected chi connectivity index (χ1v) is 11.1. The van der Waals surface area contributed by atoms with Crippen molar-refractivity contribution in [1.82, 2.24) is 19.3 Å². The second kappa shape index (κ2) is 7.45. The van der Waals surface area contributed by atoms with Gasteiger partial charge in [-0.2, -0.15) is 0 Å². The number of aryl methyl sites for hydroxylation is 1. The summed E-state index contributed by atoms with van der Waals surface area (Å²) in [6, 6.07) is 12.3. The summed E-state index contributed by atoms with van der Waals surface area (Å²) in [6.45, 7) is 8.46. The monoisotopic (exact) mass is 416 g/mol. The number of hydrogen-bond donors (Lipinski definition) is 0. The molecule has 5 nitrogen and oxygen atoms in total. The number of hydrogen-bond acceptors (Lipinski definition) is 5. The van der Waals surface area contributed by atoms with Crippen molar-refractivity contribution in [3.63, 3.8) is 0 Å². The van der Waals surface area contributed by atoms with E-state index in [4.69, 9.17) is 4.98 Å². The van der Waals surface area contributed by atoms with E-state index in [0.717, 1.165) is 45.9 Å². The highest BCUT2D eigenvalue weighted by Crippen LogP contribution is 2.27. The molecular formula is C24H24N4OS. The molecule has 30 heavy (non-hydrogen) atoms. The number of rotatable bonds is 3. The maximum absolute atomic E-state index is 12.9. The summed E-state index contributed by atoms with van der Waals surface area (Å²) in [6.07, 6.45) is 5.21. The third kappa shape index (κ3) is 3.46. The van der Waals surface area contributed by atoms with Crippen molar-refractivity contribution in [3.8, 4) is 11.3 Å². The average molecular weight is 417 g/mol. The Morgan fingerprint density at radius 3 is 2.67 bits per heavy atom. The van der Waals surface area contributed by atoms with Crippen molar-refractivity contribution in [3.05, 3.63) is 69.6 Å². The van der Waals surface area contributed by atoms with Crippen LogP contribution in [0.2, 0.25) is 0 Å². The molecule has 1 aromatic carbocycles. The van der Waals surface area contributed by atoms with E-state index in [1.54, 1.807) is 21.8 Å². The highest BCUT2D eigenvalue weighted by Gasteiger charge is 2.16. The molecule has 3 aromatic heterocycles. The van der Waals surface area contributed by atoms with Crippen LogP contribution in [0.1, 0.15) is 30.8 Å². The summed E-state index contributed by atoms with van der Waals surface area (Å²) >= 11 is 1.66. The van der Waals surface area contributed by atoms with Crippen LogP contribution < -0.4 is 5.56 Å². The quantitative estimate of drug-likeness (QED) is 0.482. The van der Waals surface area contributed by atoms with Crippen molar-refractivity contribution in [2.24, 2.45) is 0 Å². The molecule has 0 aliphatic carbocycles. The lowest BCUT2D eigenvalue weighted by Gasteiger charge is -2.29. The first-order chi connectivity index (χ1) is 14.5. The zero-order valence-electron chi connectivity index (χ0n) is 17.4. The number of nitrogens with zero attached hydrogens (tertiary/aromatic N) is 4. The molecule has 4 heterocycles. The van der Waals surface area contributed by atoms with Crippen molar-refractivity contribution in [1.29, 1.82) is 0 Å². The maximum atomic E-state index is 12.9. The lowest BCUT2D eigenvalue weighted by molar-refractivity contribution is 0.245. The van der Waals surface area contributed by atoms with Gasteiger partial charge in [0, 0.05) is 37.0 Å². The van der Waals surface area contributed by atoms with Gasteiger partial charge in [-0.25, -0.2) is 9.97 Å². The van der Waals surface area contributed by atoms with Crippen LogP contribution in [-0.4, -0.2) is 38.4 Å². The normalized spacial score (nSPS) is 15.3. The van der Waals surface area contributed by atoms with E-state index in [2.05, 4.69) is 41.9 Å². The van der Waals surface area contributed by atoms with Crippen LogP contribution in [0.15, 0.2) is 53.5 Å². The van der Waals surface area contributed by atoms with Gasteiger partial charge in [0.15, 0.2) is 0 Å². The number of thiazole rings is 1. The van der Waals surface area contributed by atoms with Crippen LogP contribution in [0.3, 0.4) is 0 Å². The molecule has 1 aliphatic rings. The van der Waals surface area contributed by atoms with Crippen molar-refractivity contribution in [2.45, 2.75) is 33.2 Å². The minimum absolute atomic E-state index is 0.0577. The van der Waals surface area contributed by atoms with Crippen molar-refractivity contribution < 1.29 is 0 Å². The molecule has 0 atom stereocenters. The van der Waals surface area contributed by atoms with Gasteiger partial charge in [-0.3, -0.25) is 14.1 Å². The van der Waals surface area contributed by atoms with Gasteiger partial charge in [0.05, 0.1) is 20.9 Å². The topological polar surface area (TPSA) is 50.5 Å². The fraction of sp³-hybridized carbons (Fsp3) is 0.292. The molecule has 0 bridgehead atoms. The minimum Gasteiger partial charge on any atom is -0.297 e. The van der Waals surface area contributed by atoms with E-state index < -0.39 is 0 Å². The van der Waals surface area contributed by atoms with Crippen LogP contribution in [0, 0.1) is 6.92 Å². The van der Waals surface area contributed by atoms with Crippen molar-refractivity contribution >= 4 is 32.8 Å². The Hall–Kier alpha value is -2.83. The SMILES string of the molecule is Cc1nc2ccc(-c3cc(=O)n4cc(C5=CCN(C(C)C)CC5)ccc4n3)cc2s1. The highest BCUT2D eigenvalue weighted by molar-refractivity contribution is 7.18. The van der Waals surface area contributed by atoms with E-state index in [1.165, 1.54) is 5.57 Å². The lowest BCUT2D eigenvalue weighted by atomic mass is 10.0. The Labute approximate surface area is 179 Å². The zero-order chi connectivity index (χ0) is 20.8. The third-order valence-corrected chi connectivity index (χ3v) is 6.73. The molecule has 0 fully saturated rings. The molecule has 152 valence electrons. The maximum Gasteiger partial charge on any atom is 0.258 e. The third-order valence-electron chi connectivity index (χ3n) is 5.79. The van der Waals surface area contributed by atoms with Gasteiger partial charge in [0.2, 0.25) is 0 Å². The minimum atomic E-state index is -0.0577. The molecule has 0 spiro atoms. The first kappa shape index (κ1) is 19.2. The fourth-order valence-corrected chi connectivity index (χ4v) is 4.92. The number of fused-ring (bicyclic) bond motifs is 2. The largest absolute Gasteiger partial charge is 0.297 e. The van der Waals surface area contributed by atoms with E-state index in [9.17, 15) is 4.79 Å². The molecule has 6 heteroatoms. The predicted octanol–water partition coefficient (Wildman–Crippen LogP) is 4.78. The van der Waals surface area contributed by atoms with Gasteiger partial charge in [-0.05, 0) is 62.6 Å².